The Morgan fingerprint density at radius 3 is 2.09 bits per heavy atom. The van der Waals surface area contributed by atoms with Gasteiger partial charge < -0.3 is 9.97 Å². The molecule has 0 saturated carbocycles. The molecule has 2 N–H and O–H groups in total. The maximum Gasteiger partial charge on any atom is 0.102 e. The standard InChI is InChI=1S/C4H6N2.C4H5N/c1-4-5-2-3-6-4;1-2-4-5-3-1/h2-3H,1H3,(H,5,6);1-5H. The summed E-state index contributed by atoms with van der Waals surface area (Å²) in [6, 6.07) is 3.89. The zero-order chi connectivity index (χ0) is 7.94. The van der Waals surface area contributed by atoms with Crippen LogP contribution in [-0.2, 0) is 0 Å². The minimum absolute atomic E-state index is 0.968. The van der Waals surface area contributed by atoms with E-state index in [4.69, 9.17) is 0 Å². The van der Waals surface area contributed by atoms with E-state index in [0.29, 0.717) is 0 Å². The third kappa shape index (κ3) is 3.25. The second-order valence-electron chi connectivity index (χ2n) is 2.06. The van der Waals surface area contributed by atoms with E-state index in [1.165, 1.54) is 0 Å². The van der Waals surface area contributed by atoms with E-state index in [1.54, 1.807) is 12.4 Å². The summed E-state index contributed by atoms with van der Waals surface area (Å²) in [6.45, 7) is 1.92. The van der Waals surface area contributed by atoms with E-state index < -0.39 is 0 Å². The average Bonchev–Trinajstić information content (AvgIpc) is 2.57. The van der Waals surface area contributed by atoms with Crippen molar-refractivity contribution in [2.24, 2.45) is 0 Å². The van der Waals surface area contributed by atoms with Crippen LogP contribution >= 0.6 is 0 Å². The number of hydrogen-bond donors (Lipinski definition) is 2. The van der Waals surface area contributed by atoms with Gasteiger partial charge in [-0.15, -0.1) is 0 Å². The molecule has 0 atom stereocenters. The molecular weight excluding hydrogens is 138 g/mol. The Morgan fingerprint density at radius 2 is 1.91 bits per heavy atom. The van der Waals surface area contributed by atoms with Crippen molar-refractivity contribution in [1.29, 1.82) is 0 Å². The summed E-state index contributed by atoms with van der Waals surface area (Å²) < 4.78 is 0. The van der Waals surface area contributed by atoms with Crippen LogP contribution in [0.15, 0.2) is 36.9 Å². The minimum Gasteiger partial charge on any atom is -0.368 e. The van der Waals surface area contributed by atoms with Crippen molar-refractivity contribution >= 4 is 0 Å². The van der Waals surface area contributed by atoms with Gasteiger partial charge in [0.25, 0.3) is 0 Å². The normalized spacial score (nSPS) is 8.45. The molecule has 2 rings (SSSR count). The molecule has 0 fully saturated rings. The fraction of sp³-hybridized carbons (Fsp3) is 0.125. The first kappa shape index (κ1) is 7.60. The fourth-order valence-corrected chi connectivity index (χ4v) is 0.622. The lowest BCUT2D eigenvalue weighted by molar-refractivity contribution is 1.15. The topological polar surface area (TPSA) is 44.5 Å². The highest BCUT2D eigenvalue weighted by Crippen LogP contribution is 1.78. The lowest BCUT2D eigenvalue weighted by atomic mass is 10.7. The Hall–Kier alpha value is -1.51. The van der Waals surface area contributed by atoms with E-state index in [0.717, 1.165) is 5.82 Å². The number of aromatic nitrogens is 3. The van der Waals surface area contributed by atoms with E-state index >= 15 is 0 Å². The Bertz CT molecular complexity index is 227. The number of imidazole rings is 1. The fourth-order valence-electron chi connectivity index (χ4n) is 0.622. The van der Waals surface area contributed by atoms with Gasteiger partial charge in [-0.25, -0.2) is 4.98 Å². The smallest absolute Gasteiger partial charge is 0.102 e. The Kier molecular flexibility index (Phi) is 2.99. The molecule has 11 heavy (non-hydrogen) atoms. The number of aryl methyl sites for hydroxylation is 1. The summed E-state index contributed by atoms with van der Waals surface area (Å²) in [5, 5.41) is 0. The molecule has 0 amide bonds. The summed E-state index contributed by atoms with van der Waals surface area (Å²) in [5.41, 5.74) is 0. The van der Waals surface area contributed by atoms with Crippen molar-refractivity contribution in [2.75, 3.05) is 0 Å². The van der Waals surface area contributed by atoms with Gasteiger partial charge >= 0.3 is 0 Å². The van der Waals surface area contributed by atoms with Gasteiger partial charge in [-0.2, -0.15) is 0 Å². The average molecular weight is 149 g/mol. The molecule has 2 aromatic heterocycles. The number of rotatable bonds is 0. The quantitative estimate of drug-likeness (QED) is 0.588. The molecule has 3 nitrogen and oxygen atoms in total. The van der Waals surface area contributed by atoms with Gasteiger partial charge in [-0.3, -0.25) is 0 Å². The Labute approximate surface area is 65.5 Å². The van der Waals surface area contributed by atoms with Gasteiger partial charge in [-0.05, 0) is 19.1 Å². The third-order valence-corrected chi connectivity index (χ3v) is 1.13. The molecular formula is C8H11N3. The third-order valence-electron chi connectivity index (χ3n) is 1.13. The van der Waals surface area contributed by atoms with Gasteiger partial charge in [0.15, 0.2) is 0 Å². The molecule has 2 aromatic rings. The molecule has 0 saturated heterocycles. The molecule has 0 radical (unpaired) electrons. The maximum atomic E-state index is 3.86. The number of aromatic amines is 2. The monoisotopic (exact) mass is 149 g/mol. The number of H-pyrrole nitrogens is 2. The summed E-state index contributed by atoms with van der Waals surface area (Å²) in [4.78, 5) is 9.61. The van der Waals surface area contributed by atoms with Crippen molar-refractivity contribution in [2.45, 2.75) is 6.92 Å². The first-order valence-corrected chi connectivity index (χ1v) is 3.43. The molecule has 0 unspecified atom stereocenters. The lowest BCUT2D eigenvalue weighted by Gasteiger charge is -1.68. The van der Waals surface area contributed by atoms with Crippen LogP contribution in [0.3, 0.4) is 0 Å². The van der Waals surface area contributed by atoms with Crippen LogP contribution in [0, 0.1) is 6.92 Å². The van der Waals surface area contributed by atoms with E-state index in [-0.39, 0.29) is 0 Å². The summed E-state index contributed by atoms with van der Waals surface area (Å²) >= 11 is 0. The van der Waals surface area contributed by atoms with Crippen LogP contribution in [0.4, 0.5) is 0 Å². The van der Waals surface area contributed by atoms with Crippen LogP contribution in [-0.4, -0.2) is 15.0 Å². The van der Waals surface area contributed by atoms with Crippen molar-refractivity contribution in [3.05, 3.63) is 42.7 Å². The molecule has 58 valence electrons. The van der Waals surface area contributed by atoms with Crippen molar-refractivity contribution in [3.63, 3.8) is 0 Å². The van der Waals surface area contributed by atoms with Crippen molar-refractivity contribution < 1.29 is 0 Å². The highest BCUT2D eigenvalue weighted by atomic mass is 14.9. The van der Waals surface area contributed by atoms with Gasteiger partial charge in [0.05, 0.1) is 0 Å². The highest BCUT2D eigenvalue weighted by Gasteiger charge is 1.73. The Morgan fingerprint density at radius 1 is 1.18 bits per heavy atom. The van der Waals surface area contributed by atoms with E-state index in [2.05, 4.69) is 15.0 Å². The molecule has 0 aromatic carbocycles. The van der Waals surface area contributed by atoms with E-state index in [1.807, 2.05) is 31.5 Å². The molecule has 0 aliphatic rings. The molecule has 0 aliphatic heterocycles. The summed E-state index contributed by atoms with van der Waals surface area (Å²) in [7, 11) is 0. The Balaban J connectivity index is 0.000000112. The number of nitrogens with zero attached hydrogens (tertiary/aromatic N) is 1. The highest BCUT2D eigenvalue weighted by molar-refractivity contribution is 4.84. The van der Waals surface area contributed by atoms with Crippen molar-refractivity contribution in [3.8, 4) is 0 Å². The predicted octanol–water partition coefficient (Wildman–Crippen LogP) is 1.73. The van der Waals surface area contributed by atoms with Gasteiger partial charge in [0.1, 0.15) is 5.82 Å². The van der Waals surface area contributed by atoms with Crippen LogP contribution in [0.2, 0.25) is 0 Å². The van der Waals surface area contributed by atoms with Crippen LogP contribution in [0.5, 0.6) is 0 Å². The van der Waals surface area contributed by atoms with Crippen LogP contribution < -0.4 is 0 Å². The van der Waals surface area contributed by atoms with Crippen molar-refractivity contribution in [1.82, 2.24) is 15.0 Å². The number of hydrogen-bond acceptors (Lipinski definition) is 1. The second-order valence-corrected chi connectivity index (χ2v) is 2.06. The maximum absolute atomic E-state index is 3.86. The van der Waals surface area contributed by atoms with Gasteiger partial charge in [0, 0.05) is 24.8 Å². The zero-order valence-electron chi connectivity index (χ0n) is 6.41. The molecule has 0 spiro atoms. The zero-order valence-corrected chi connectivity index (χ0v) is 6.41. The summed E-state index contributed by atoms with van der Waals surface area (Å²) in [6.07, 6.45) is 7.28. The molecule has 2 heterocycles. The molecule has 3 heteroatoms. The molecule has 0 aliphatic carbocycles. The van der Waals surface area contributed by atoms with Crippen LogP contribution in [0.25, 0.3) is 0 Å². The first-order chi connectivity index (χ1) is 5.39. The van der Waals surface area contributed by atoms with Crippen LogP contribution in [0.1, 0.15) is 5.82 Å². The van der Waals surface area contributed by atoms with E-state index in [9.17, 15) is 0 Å². The second kappa shape index (κ2) is 4.33. The predicted molar refractivity (Wildman–Crippen MR) is 44.1 cm³/mol. The first-order valence-electron chi connectivity index (χ1n) is 3.43. The minimum atomic E-state index is 0.968. The molecule has 0 bridgehead atoms. The largest absolute Gasteiger partial charge is 0.368 e. The summed E-state index contributed by atoms with van der Waals surface area (Å²) in [5.74, 6) is 0.968. The number of nitrogens with one attached hydrogen (secondary N) is 2. The lowest BCUT2D eigenvalue weighted by Crippen LogP contribution is -1.66. The van der Waals surface area contributed by atoms with Gasteiger partial charge in [0.2, 0.25) is 0 Å². The SMILES string of the molecule is Cc1ncc[nH]1.c1cc[nH]c1. The van der Waals surface area contributed by atoms with Gasteiger partial charge in [-0.1, -0.05) is 0 Å².